The van der Waals surface area contributed by atoms with Crippen LogP contribution in [0.4, 0.5) is 0 Å². The van der Waals surface area contributed by atoms with Crippen molar-refractivity contribution in [3.8, 4) is 0 Å². The number of nitrogens with zero attached hydrogens (tertiary/aromatic N) is 2. The van der Waals surface area contributed by atoms with E-state index in [1.807, 2.05) is 0 Å². The van der Waals surface area contributed by atoms with Crippen molar-refractivity contribution in [3.05, 3.63) is 0 Å². The maximum Gasteiger partial charge on any atom is 0.0233 e. The van der Waals surface area contributed by atoms with Gasteiger partial charge in [-0.2, -0.15) is 0 Å². The molecule has 0 bridgehead atoms. The molecule has 0 aromatic rings. The maximum absolute atomic E-state index is 3.50. The fourth-order valence-electron chi connectivity index (χ4n) is 4.35. The largest absolute Gasteiger partial charge is 0.315 e. The highest BCUT2D eigenvalue weighted by atomic mass is 35.5. The lowest BCUT2D eigenvalue weighted by atomic mass is 9.82. The smallest absolute Gasteiger partial charge is 0.0233 e. The Morgan fingerprint density at radius 1 is 1.05 bits per heavy atom. The van der Waals surface area contributed by atoms with E-state index in [1.165, 1.54) is 77.9 Å². The van der Waals surface area contributed by atoms with Crippen molar-refractivity contribution in [3.63, 3.8) is 0 Å². The molecule has 2 saturated heterocycles. The van der Waals surface area contributed by atoms with E-state index in [9.17, 15) is 0 Å². The van der Waals surface area contributed by atoms with Gasteiger partial charge in [-0.1, -0.05) is 19.8 Å². The van der Waals surface area contributed by atoms with Gasteiger partial charge < -0.3 is 10.2 Å². The monoisotopic (exact) mass is 301 g/mol. The van der Waals surface area contributed by atoms with Gasteiger partial charge in [-0.25, -0.2) is 0 Å². The van der Waals surface area contributed by atoms with Gasteiger partial charge in [0, 0.05) is 45.3 Å². The van der Waals surface area contributed by atoms with Gasteiger partial charge in [-0.3, -0.25) is 4.90 Å². The summed E-state index contributed by atoms with van der Waals surface area (Å²) in [5.41, 5.74) is 0. The molecular weight excluding hydrogens is 270 g/mol. The van der Waals surface area contributed by atoms with Crippen LogP contribution in [0, 0.1) is 11.8 Å². The van der Waals surface area contributed by atoms with Gasteiger partial charge in [0.25, 0.3) is 0 Å². The third-order valence-corrected chi connectivity index (χ3v) is 5.52. The molecule has 20 heavy (non-hydrogen) atoms. The lowest BCUT2D eigenvalue weighted by molar-refractivity contribution is 0.0823. The van der Waals surface area contributed by atoms with Gasteiger partial charge >= 0.3 is 0 Å². The molecular formula is C16H32ClN3. The quantitative estimate of drug-likeness (QED) is 0.862. The summed E-state index contributed by atoms with van der Waals surface area (Å²) in [6.07, 6.45) is 7.27. The molecule has 0 aromatic carbocycles. The van der Waals surface area contributed by atoms with Gasteiger partial charge in [0.2, 0.25) is 0 Å². The second-order valence-electron chi connectivity index (χ2n) is 7.12. The lowest BCUT2D eigenvalue weighted by Crippen LogP contribution is -2.51. The molecule has 0 radical (unpaired) electrons. The standard InChI is InChI=1S/C16H31N3.ClH/c1-14-3-2-4-15(11-14)13-18-7-9-19(10-8-18)16-5-6-17-12-16;/h14-17H,2-13H2,1H3;1H. The number of hydrogen-bond donors (Lipinski definition) is 1. The Kier molecular flexibility index (Phi) is 6.60. The van der Waals surface area contributed by atoms with E-state index in [2.05, 4.69) is 22.0 Å². The third kappa shape index (κ3) is 4.33. The zero-order valence-corrected chi connectivity index (χ0v) is 13.8. The van der Waals surface area contributed by atoms with E-state index >= 15 is 0 Å². The first kappa shape index (κ1) is 16.5. The molecule has 118 valence electrons. The Labute approximate surface area is 130 Å². The van der Waals surface area contributed by atoms with Crippen LogP contribution < -0.4 is 5.32 Å². The highest BCUT2D eigenvalue weighted by molar-refractivity contribution is 5.85. The second-order valence-corrected chi connectivity index (χ2v) is 7.12. The molecule has 2 heterocycles. The van der Waals surface area contributed by atoms with Crippen molar-refractivity contribution in [1.82, 2.24) is 15.1 Å². The number of piperazine rings is 1. The van der Waals surface area contributed by atoms with Crippen LogP contribution in [-0.4, -0.2) is 61.7 Å². The van der Waals surface area contributed by atoms with Gasteiger partial charge in [-0.05, 0) is 37.6 Å². The SMILES string of the molecule is CC1CCCC(CN2CCN(C3CCNC3)CC2)C1.Cl. The fraction of sp³-hybridized carbons (Fsp3) is 1.00. The Morgan fingerprint density at radius 3 is 2.50 bits per heavy atom. The van der Waals surface area contributed by atoms with Crippen LogP contribution in [-0.2, 0) is 0 Å². The van der Waals surface area contributed by atoms with Crippen LogP contribution in [0.2, 0.25) is 0 Å². The molecule has 3 fully saturated rings. The second kappa shape index (κ2) is 7.98. The van der Waals surface area contributed by atoms with Gasteiger partial charge in [-0.15, -0.1) is 12.4 Å². The van der Waals surface area contributed by atoms with E-state index in [0.29, 0.717) is 0 Å². The number of rotatable bonds is 3. The summed E-state index contributed by atoms with van der Waals surface area (Å²) < 4.78 is 0. The Bertz CT molecular complexity index is 273. The molecule has 0 amide bonds. The van der Waals surface area contributed by atoms with E-state index in [4.69, 9.17) is 0 Å². The summed E-state index contributed by atoms with van der Waals surface area (Å²) in [5, 5.41) is 3.50. The van der Waals surface area contributed by atoms with Crippen molar-refractivity contribution in [2.45, 2.75) is 45.1 Å². The number of halogens is 1. The van der Waals surface area contributed by atoms with Gasteiger partial charge in [0.05, 0.1) is 0 Å². The van der Waals surface area contributed by atoms with Crippen LogP contribution in [0.1, 0.15) is 39.0 Å². The first-order valence-corrected chi connectivity index (χ1v) is 8.48. The van der Waals surface area contributed by atoms with Crippen LogP contribution in [0.3, 0.4) is 0 Å². The minimum absolute atomic E-state index is 0. The molecule has 0 aromatic heterocycles. The van der Waals surface area contributed by atoms with Crippen LogP contribution in [0.25, 0.3) is 0 Å². The molecule has 4 heteroatoms. The number of nitrogens with one attached hydrogen (secondary N) is 1. The summed E-state index contributed by atoms with van der Waals surface area (Å²) in [6, 6.07) is 0.830. The molecule has 0 spiro atoms. The van der Waals surface area contributed by atoms with E-state index < -0.39 is 0 Å². The average molecular weight is 302 g/mol. The first-order chi connectivity index (χ1) is 9.31. The number of hydrogen-bond acceptors (Lipinski definition) is 3. The Balaban J connectivity index is 0.00000147. The van der Waals surface area contributed by atoms with Crippen LogP contribution >= 0.6 is 12.4 Å². The maximum atomic E-state index is 3.50. The zero-order chi connectivity index (χ0) is 13.1. The van der Waals surface area contributed by atoms with Crippen molar-refractivity contribution < 1.29 is 0 Å². The highest BCUT2D eigenvalue weighted by Gasteiger charge is 2.27. The van der Waals surface area contributed by atoms with Gasteiger partial charge in [0.1, 0.15) is 0 Å². The summed E-state index contributed by atoms with van der Waals surface area (Å²) in [4.78, 5) is 5.46. The zero-order valence-electron chi connectivity index (χ0n) is 13.0. The van der Waals surface area contributed by atoms with E-state index in [-0.39, 0.29) is 12.4 Å². The third-order valence-electron chi connectivity index (χ3n) is 5.52. The van der Waals surface area contributed by atoms with E-state index in [0.717, 1.165) is 17.9 Å². The highest BCUT2D eigenvalue weighted by Crippen LogP contribution is 2.29. The Hall–Kier alpha value is 0.170. The summed E-state index contributed by atoms with van der Waals surface area (Å²) in [5.74, 6) is 1.97. The van der Waals surface area contributed by atoms with Crippen molar-refractivity contribution in [1.29, 1.82) is 0 Å². The minimum atomic E-state index is 0. The van der Waals surface area contributed by atoms with Crippen LogP contribution in [0.15, 0.2) is 0 Å². The summed E-state index contributed by atoms with van der Waals surface area (Å²) in [7, 11) is 0. The topological polar surface area (TPSA) is 18.5 Å². The summed E-state index contributed by atoms with van der Waals surface area (Å²) in [6.45, 7) is 11.5. The average Bonchev–Trinajstić information content (AvgIpc) is 2.94. The molecule has 3 nitrogen and oxygen atoms in total. The van der Waals surface area contributed by atoms with Crippen molar-refractivity contribution >= 4 is 12.4 Å². The fourth-order valence-corrected chi connectivity index (χ4v) is 4.35. The normalized spacial score (nSPS) is 36.8. The predicted octanol–water partition coefficient (Wildman–Crippen LogP) is 2.21. The van der Waals surface area contributed by atoms with Gasteiger partial charge in [0.15, 0.2) is 0 Å². The molecule has 1 N–H and O–H groups in total. The minimum Gasteiger partial charge on any atom is -0.315 e. The molecule has 3 unspecified atom stereocenters. The molecule has 3 aliphatic rings. The lowest BCUT2D eigenvalue weighted by Gasteiger charge is -2.40. The molecule has 3 atom stereocenters. The molecule has 1 saturated carbocycles. The van der Waals surface area contributed by atoms with Crippen molar-refractivity contribution in [2.24, 2.45) is 11.8 Å². The van der Waals surface area contributed by atoms with E-state index in [1.54, 1.807) is 0 Å². The van der Waals surface area contributed by atoms with Crippen LogP contribution in [0.5, 0.6) is 0 Å². The molecule has 2 aliphatic heterocycles. The summed E-state index contributed by atoms with van der Waals surface area (Å²) >= 11 is 0. The molecule has 3 rings (SSSR count). The Morgan fingerprint density at radius 2 is 1.85 bits per heavy atom. The predicted molar refractivity (Wildman–Crippen MR) is 87.7 cm³/mol. The molecule has 1 aliphatic carbocycles. The van der Waals surface area contributed by atoms with Crippen molar-refractivity contribution in [2.75, 3.05) is 45.8 Å². The first-order valence-electron chi connectivity index (χ1n) is 8.48.